The molecule has 1 saturated carbocycles. The van der Waals surface area contributed by atoms with Crippen molar-refractivity contribution in [3.05, 3.63) is 47.5 Å². The van der Waals surface area contributed by atoms with Crippen LogP contribution in [-0.2, 0) is 13.0 Å². The fourth-order valence-corrected chi connectivity index (χ4v) is 2.65. The molecule has 1 aliphatic rings. The van der Waals surface area contributed by atoms with E-state index in [1.807, 2.05) is 6.20 Å². The minimum absolute atomic E-state index is 0.0651. The molecule has 0 spiro atoms. The number of ether oxygens (including phenoxy) is 1. The highest BCUT2D eigenvalue weighted by molar-refractivity contribution is 5.94. The van der Waals surface area contributed by atoms with Crippen molar-refractivity contribution in [2.75, 3.05) is 13.7 Å². The Morgan fingerprint density at radius 2 is 2.09 bits per heavy atom. The van der Waals surface area contributed by atoms with Crippen LogP contribution < -0.4 is 10.1 Å². The predicted octanol–water partition coefficient (Wildman–Crippen LogP) is 2.58. The molecule has 5 nitrogen and oxygen atoms in total. The van der Waals surface area contributed by atoms with E-state index in [4.69, 9.17) is 4.74 Å². The highest BCUT2D eigenvalue weighted by Gasteiger charge is 2.23. The van der Waals surface area contributed by atoms with Crippen molar-refractivity contribution in [1.82, 2.24) is 14.9 Å². The molecule has 0 unspecified atom stereocenters. The van der Waals surface area contributed by atoms with E-state index in [1.165, 1.54) is 18.5 Å². The maximum Gasteiger partial charge on any atom is 0.251 e. The number of carbonyl (C=O) groups excluding carboxylic acids is 1. The predicted molar refractivity (Wildman–Crippen MR) is 88.7 cm³/mol. The van der Waals surface area contributed by atoms with Crippen LogP contribution in [0.1, 0.15) is 34.7 Å². The number of aromatic nitrogens is 2. The second-order valence-corrected chi connectivity index (χ2v) is 6.10. The number of benzene rings is 1. The maximum absolute atomic E-state index is 12.1. The lowest BCUT2D eigenvalue weighted by Crippen LogP contribution is -2.26. The molecule has 1 aromatic heterocycles. The molecule has 0 bridgehead atoms. The Morgan fingerprint density at radius 3 is 2.74 bits per heavy atom. The largest absolute Gasteiger partial charge is 0.497 e. The van der Waals surface area contributed by atoms with Gasteiger partial charge in [-0.15, -0.1) is 0 Å². The highest BCUT2D eigenvalue weighted by atomic mass is 16.5. The molecule has 0 saturated heterocycles. The number of hydrogen-bond donors (Lipinski definition) is 1. The van der Waals surface area contributed by atoms with E-state index in [0.29, 0.717) is 12.1 Å². The number of hydrogen-bond acceptors (Lipinski definition) is 3. The molecule has 0 radical (unpaired) electrons. The van der Waals surface area contributed by atoms with Crippen molar-refractivity contribution in [1.29, 1.82) is 0 Å². The highest BCUT2D eigenvalue weighted by Crippen LogP contribution is 2.31. The average molecular weight is 313 g/mol. The SMILES string of the molecule is COc1ccc(C(=O)NCCc2ncc(C)n2CC2CC2)cc1. The lowest BCUT2D eigenvalue weighted by atomic mass is 10.2. The molecule has 0 atom stereocenters. The first-order valence-corrected chi connectivity index (χ1v) is 8.10. The zero-order chi connectivity index (χ0) is 16.2. The molecule has 1 amide bonds. The van der Waals surface area contributed by atoms with Gasteiger partial charge in [0.2, 0.25) is 0 Å². The Bertz CT molecular complexity index is 672. The van der Waals surface area contributed by atoms with Gasteiger partial charge in [-0.25, -0.2) is 4.98 Å². The van der Waals surface area contributed by atoms with E-state index in [0.717, 1.165) is 30.5 Å². The number of carbonyl (C=O) groups is 1. The molecule has 1 N–H and O–H groups in total. The van der Waals surface area contributed by atoms with Gasteiger partial charge in [0.25, 0.3) is 5.91 Å². The van der Waals surface area contributed by atoms with Crippen molar-refractivity contribution in [3.8, 4) is 5.75 Å². The normalized spacial score (nSPS) is 13.8. The number of imidazole rings is 1. The summed E-state index contributed by atoms with van der Waals surface area (Å²) in [6, 6.07) is 7.12. The van der Waals surface area contributed by atoms with Gasteiger partial charge in [0.05, 0.1) is 7.11 Å². The van der Waals surface area contributed by atoms with Gasteiger partial charge in [-0.1, -0.05) is 0 Å². The van der Waals surface area contributed by atoms with Crippen LogP contribution in [0.3, 0.4) is 0 Å². The first kappa shape index (κ1) is 15.6. The first-order valence-electron chi connectivity index (χ1n) is 8.10. The van der Waals surface area contributed by atoms with Gasteiger partial charge in [0.1, 0.15) is 11.6 Å². The monoisotopic (exact) mass is 313 g/mol. The van der Waals surface area contributed by atoms with Gasteiger partial charge < -0.3 is 14.6 Å². The number of nitrogens with zero attached hydrogens (tertiary/aromatic N) is 2. The maximum atomic E-state index is 12.1. The third-order valence-corrected chi connectivity index (χ3v) is 4.26. The van der Waals surface area contributed by atoms with E-state index in [1.54, 1.807) is 31.4 Å². The van der Waals surface area contributed by atoms with E-state index in [9.17, 15) is 4.79 Å². The molecule has 1 aromatic carbocycles. The third-order valence-electron chi connectivity index (χ3n) is 4.26. The van der Waals surface area contributed by atoms with Crippen LogP contribution in [0.2, 0.25) is 0 Å². The fourth-order valence-electron chi connectivity index (χ4n) is 2.65. The Labute approximate surface area is 136 Å². The van der Waals surface area contributed by atoms with E-state index in [-0.39, 0.29) is 5.91 Å². The van der Waals surface area contributed by atoms with Gasteiger partial charge in [0, 0.05) is 37.0 Å². The Morgan fingerprint density at radius 1 is 1.35 bits per heavy atom. The summed E-state index contributed by atoms with van der Waals surface area (Å²) in [5, 5.41) is 2.96. The Kier molecular flexibility index (Phi) is 4.65. The summed E-state index contributed by atoms with van der Waals surface area (Å²) in [5.41, 5.74) is 1.84. The minimum atomic E-state index is -0.0651. The lowest BCUT2D eigenvalue weighted by molar-refractivity contribution is 0.0954. The summed E-state index contributed by atoms with van der Waals surface area (Å²) >= 11 is 0. The smallest absolute Gasteiger partial charge is 0.251 e. The van der Waals surface area contributed by atoms with Crippen molar-refractivity contribution >= 4 is 5.91 Å². The van der Waals surface area contributed by atoms with Crippen molar-refractivity contribution in [2.24, 2.45) is 5.92 Å². The number of nitrogens with one attached hydrogen (secondary N) is 1. The van der Waals surface area contributed by atoms with Crippen LogP contribution in [0.15, 0.2) is 30.5 Å². The van der Waals surface area contributed by atoms with Gasteiger partial charge in [0.15, 0.2) is 0 Å². The minimum Gasteiger partial charge on any atom is -0.497 e. The zero-order valence-corrected chi connectivity index (χ0v) is 13.7. The van der Waals surface area contributed by atoms with Crippen molar-refractivity contribution < 1.29 is 9.53 Å². The zero-order valence-electron chi connectivity index (χ0n) is 13.7. The second kappa shape index (κ2) is 6.86. The average Bonchev–Trinajstić information content (AvgIpc) is 3.33. The van der Waals surface area contributed by atoms with Crippen LogP contribution in [0, 0.1) is 12.8 Å². The van der Waals surface area contributed by atoms with Crippen LogP contribution in [0.5, 0.6) is 5.75 Å². The molecule has 1 fully saturated rings. The van der Waals surface area contributed by atoms with Crippen LogP contribution in [0.25, 0.3) is 0 Å². The lowest BCUT2D eigenvalue weighted by Gasteiger charge is -2.10. The molecule has 122 valence electrons. The topological polar surface area (TPSA) is 56.1 Å². The van der Waals surface area contributed by atoms with E-state index in [2.05, 4.69) is 21.8 Å². The molecule has 23 heavy (non-hydrogen) atoms. The van der Waals surface area contributed by atoms with Gasteiger partial charge in [-0.05, 0) is 49.9 Å². The van der Waals surface area contributed by atoms with Crippen LogP contribution in [0.4, 0.5) is 0 Å². The van der Waals surface area contributed by atoms with Gasteiger partial charge >= 0.3 is 0 Å². The van der Waals surface area contributed by atoms with E-state index < -0.39 is 0 Å². The standard InChI is InChI=1S/C18H23N3O2/c1-13-11-20-17(21(13)12-14-3-4-14)9-10-19-18(22)15-5-7-16(23-2)8-6-15/h5-8,11,14H,3-4,9-10,12H2,1-2H3,(H,19,22). The number of rotatable bonds is 7. The van der Waals surface area contributed by atoms with Crippen molar-refractivity contribution in [2.45, 2.75) is 32.7 Å². The number of methoxy groups -OCH3 is 1. The molecule has 1 heterocycles. The van der Waals surface area contributed by atoms with E-state index >= 15 is 0 Å². The molecule has 3 rings (SSSR count). The summed E-state index contributed by atoms with van der Waals surface area (Å²) < 4.78 is 7.39. The summed E-state index contributed by atoms with van der Waals surface area (Å²) in [7, 11) is 1.61. The quantitative estimate of drug-likeness (QED) is 0.855. The molecular formula is C18H23N3O2. The molecule has 0 aliphatic heterocycles. The summed E-state index contributed by atoms with van der Waals surface area (Å²) in [6.45, 7) is 3.74. The number of amides is 1. The van der Waals surface area contributed by atoms with Crippen LogP contribution >= 0.6 is 0 Å². The fraction of sp³-hybridized carbons (Fsp3) is 0.444. The first-order chi connectivity index (χ1) is 11.2. The van der Waals surface area contributed by atoms with Gasteiger partial charge in [-0.2, -0.15) is 0 Å². The van der Waals surface area contributed by atoms with Gasteiger partial charge in [-0.3, -0.25) is 4.79 Å². The summed E-state index contributed by atoms with van der Waals surface area (Å²) in [5.74, 6) is 2.56. The number of aryl methyl sites for hydroxylation is 1. The second-order valence-electron chi connectivity index (χ2n) is 6.10. The molecule has 1 aliphatic carbocycles. The summed E-state index contributed by atoms with van der Waals surface area (Å²) in [4.78, 5) is 16.6. The molecule has 5 heteroatoms. The summed E-state index contributed by atoms with van der Waals surface area (Å²) in [6.07, 6.45) is 5.32. The molecule has 2 aromatic rings. The Hall–Kier alpha value is -2.30. The molecular weight excluding hydrogens is 290 g/mol. The third kappa shape index (κ3) is 3.92. The Balaban J connectivity index is 1.53. The van der Waals surface area contributed by atoms with Crippen molar-refractivity contribution in [3.63, 3.8) is 0 Å². The van der Waals surface area contributed by atoms with Crippen LogP contribution in [-0.4, -0.2) is 29.1 Å².